The summed E-state index contributed by atoms with van der Waals surface area (Å²) in [7, 11) is 0. The van der Waals surface area contributed by atoms with Crippen LogP contribution >= 0.6 is 15.9 Å². The second-order valence-electron chi connectivity index (χ2n) is 5.61. The molecule has 3 heteroatoms. The predicted octanol–water partition coefficient (Wildman–Crippen LogP) is 3.72. The van der Waals surface area contributed by atoms with E-state index in [1.165, 1.54) is 6.42 Å². The van der Waals surface area contributed by atoms with Gasteiger partial charge in [0.1, 0.15) is 5.82 Å². The van der Waals surface area contributed by atoms with Crippen LogP contribution in [0.2, 0.25) is 0 Å². The molecule has 0 spiro atoms. The molecule has 1 saturated heterocycles. The molecule has 2 heterocycles. The van der Waals surface area contributed by atoms with Crippen LogP contribution in [0.15, 0.2) is 22.8 Å². The van der Waals surface area contributed by atoms with Crippen molar-refractivity contribution in [2.75, 3.05) is 18.0 Å². The van der Waals surface area contributed by atoms with Crippen molar-refractivity contribution in [1.29, 1.82) is 0 Å². The fraction of sp³-hybridized carbons (Fsp3) is 0.615. The summed E-state index contributed by atoms with van der Waals surface area (Å²) in [6, 6.07) is 4.03. The molecule has 2 nitrogen and oxygen atoms in total. The smallest absolute Gasteiger partial charge is 0.142 e. The molecule has 0 amide bonds. The summed E-state index contributed by atoms with van der Waals surface area (Å²) in [5.41, 5.74) is 0.399. The zero-order valence-corrected chi connectivity index (χ0v) is 11.8. The summed E-state index contributed by atoms with van der Waals surface area (Å²) in [6.07, 6.45) is 3.14. The molecule has 2 rings (SSSR count). The van der Waals surface area contributed by atoms with Crippen molar-refractivity contribution in [3.63, 3.8) is 0 Å². The van der Waals surface area contributed by atoms with E-state index in [1.807, 2.05) is 12.3 Å². The molecule has 0 radical (unpaired) electrons. The van der Waals surface area contributed by atoms with Gasteiger partial charge in [-0.25, -0.2) is 4.98 Å². The molecule has 88 valence electrons. The van der Waals surface area contributed by atoms with Crippen molar-refractivity contribution in [3.05, 3.63) is 22.8 Å². The van der Waals surface area contributed by atoms with Crippen molar-refractivity contribution >= 4 is 21.7 Å². The fourth-order valence-electron chi connectivity index (χ4n) is 2.27. The molecule has 1 atom stereocenters. The van der Waals surface area contributed by atoms with Crippen LogP contribution < -0.4 is 4.90 Å². The summed E-state index contributed by atoms with van der Waals surface area (Å²) in [5.74, 6) is 1.86. The Morgan fingerprint density at radius 2 is 2.19 bits per heavy atom. The maximum absolute atomic E-state index is 4.46. The third-order valence-electron chi connectivity index (χ3n) is 3.45. The number of anilines is 1. The summed E-state index contributed by atoms with van der Waals surface area (Å²) in [5, 5.41) is 0. The van der Waals surface area contributed by atoms with Crippen LogP contribution in [0.3, 0.4) is 0 Å². The number of nitrogens with zero attached hydrogens (tertiary/aromatic N) is 2. The van der Waals surface area contributed by atoms with E-state index in [-0.39, 0.29) is 0 Å². The molecule has 0 bridgehead atoms. The van der Waals surface area contributed by atoms with E-state index in [9.17, 15) is 0 Å². The van der Waals surface area contributed by atoms with Gasteiger partial charge in [-0.15, -0.1) is 0 Å². The van der Waals surface area contributed by atoms with Gasteiger partial charge in [-0.2, -0.15) is 0 Å². The number of halogens is 1. The highest BCUT2D eigenvalue weighted by Gasteiger charge is 2.32. The Morgan fingerprint density at radius 3 is 2.75 bits per heavy atom. The van der Waals surface area contributed by atoms with E-state index in [2.05, 4.69) is 52.7 Å². The van der Waals surface area contributed by atoms with Crippen molar-refractivity contribution in [1.82, 2.24) is 4.98 Å². The van der Waals surface area contributed by atoms with E-state index in [0.29, 0.717) is 5.41 Å². The highest BCUT2D eigenvalue weighted by Crippen LogP contribution is 2.36. The minimum Gasteiger partial charge on any atom is -0.355 e. The number of hydrogen-bond donors (Lipinski definition) is 0. The number of aromatic nitrogens is 1. The first-order chi connectivity index (χ1) is 7.48. The standard InChI is InChI=1S/C13H19BrN2/c1-13(2,3)10-6-8-16(9-10)12-11(14)5-4-7-15-12/h4-5,7,10H,6,8-9H2,1-3H3. The van der Waals surface area contributed by atoms with Gasteiger partial charge in [0, 0.05) is 19.3 Å². The zero-order valence-electron chi connectivity index (χ0n) is 10.2. The largest absolute Gasteiger partial charge is 0.355 e. The van der Waals surface area contributed by atoms with E-state index < -0.39 is 0 Å². The van der Waals surface area contributed by atoms with E-state index >= 15 is 0 Å². The lowest BCUT2D eigenvalue weighted by molar-refractivity contribution is 0.263. The second kappa shape index (κ2) is 4.36. The van der Waals surface area contributed by atoms with Gasteiger partial charge in [-0.05, 0) is 45.8 Å². The van der Waals surface area contributed by atoms with Crippen LogP contribution in [-0.4, -0.2) is 18.1 Å². The lowest BCUT2D eigenvalue weighted by Gasteiger charge is -2.27. The van der Waals surface area contributed by atoms with Gasteiger partial charge >= 0.3 is 0 Å². The normalized spacial score (nSPS) is 21.5. The molecule has 0 aliphatic carbocycles. The lowest BCUT2D eigenvalue weighted by atomic mass is 9.80. The van der Waals surface area contributed by atoms with Gasteiger partial charge in [-0.1, -0.05) is 20.8 Å². The highest BCUT2D eigenvalue weighted by atomic mass is 79.9. The Hall–Kier alpha value is -0.570. The Balaban J connectivity index is 2.13. The maximum atomic E-state index is 4.46. The Labute approximate surface area is 106 Å². The first kappa shape index (κ1) is 11.9. The zero-order chi connectivity index (χ0) is 11.8. The van der Waals surface area contributed by atoms with Crippen molar-refractivity contribution in [2.45, 2.75) is 27.2 Å². The Morgan fingerprint density at radius 1 is 1.44 bits per heavy atom. The van der Waals surface area contributed by atoms with Gasteiger partial charge in [0.15, 0.2) is 0 Å². The van der Waals surface area contributed by atoms with Crippen molar-refractivity contribution in [3.8, 4) is 0 Å². The number of rotatable bonds is 1. The molecule has 0 aromatic carbocycles. The predicted molar refractivity (Wildman–Crippen MR) is 71.7 cm³/mol. The summed E-state index contributed by atoms with van der Waals surface area (Å²) in [6.45, 7) is 9.23. The number of pyridine rings is 1. The van der Waals surface area contributed by atoms with Gasteiger partial charge in [0.25, 0.3) is 0 Å². The summed E-state index contributed by atoms with van der Waals surface area (Å²) < 4.78 is 1.10. The van der Waals surface area contributed by atoms with E-state index in [1.54, 1.807) is 0 Å². The maximum Gasteiger partial charge on any atom is 0.142 e. The molecular weight excluding hydrogens is 264 g/mol. The molecule has 16 heavy (non-hydrogen) atoms. The second-order valence-corrected chi connectivity index (χ2v) is 6.46. The Kier molecular flexibility index (Phi) is 3.24. The van der Waals surface area contributed by atoms with E-state index in [4.69, 9.17) is 0 Å². The Bertz CT molecular complexity index is 370. The van der Waals surface area contributed by atoms with Crippen molar-refractivity contribution < 1.29 is 0 Å². The molecule has 1 aromatic heterocycles. The van der Waals surface area contributed by atoms with E-state index in [0.717, 1.165) is 29.3 Å². The van der Waals surface area contributed by atoms with Crippen LogP contribution in [0.5, 0.6) is 0 Å². The minimum absolute atomic E-state index is 0.399. The van der Waals surface area contributed by atoms with Gasteiger partial charge in [0.05, 0.1) is 4.47 Å². The quantitative estimate of drug-likeness (QED) is 0.781. The third-order valence-corrected chi connectivity index (χ3v) is 4.07. The van der Waals surface area contributed by atoms with Crippen LogP contribution in [0.4, 0.5) is 5.82 Å². The minimum atomic E-state index is 0.399. The van der Waals surface area contributed by atoms with Gasteiger partial charge < -0.3 is 4.90 Å². The molecule has 1 aliphatic rings. The van der Waals surface area contributed by atoms with Crippen LogP contribution in [-0.2, 0) is 0 Å². The van der Waals surface area contributed by atoms with Gasteiger partial charge in [-0.3, -0.25) is 0 Å². The summed E-state index contributed by atoms with van der Waals surface area (Å²) >= 11 is 3.57. The van der Waals surface area contributed by atoms with Crippen molar-refractivity contribution in [2.24, 2.45) is 11.3 Å². The molecule has 1 aliphatic heterocycles. The van der Waals surface area contributed by atoms with Crippen LogP contribution in [0.25, 0.3) is 0 Å². The topological polar surface area (TPSA) is 16.1 Å². The van der Waals surface area contributed by atoms with Crippen LogP contribution in [0.1, 0.15) is 27.2 Å². The fourth-order valence-corrected chi connectivity index (χ4v) is 2.78. The average Bonchev–Trinajstić information content (AvgIpc) is 2.66. The molecule has 1 fully saturated rings. The average molecular weight is 283 g/mol. The SMILES string of the molecule is CC(C)(C)C1CCN(c2ncccc2Br)C1. The summed E-state index contributed by atoms with van der Waals surface area (Å²) in [4.78, 5) is 6.84. The molecule has 1 unspecified atom stereocenters. The highest BCUT2D eigenvalue weighted by molar-refractivity contribution is 9.10. The third kappa shape index (κ3) is 2.40. The molecule has 1 aromatic rings. The molecular formula is C13H19BrN2. The first-order valence-corrected chi connectivity index (χ1v) is 6.63. The first-order valence-electron chi connectivity index (χ1n) is 5.84. The molecule has 0 saturated carbocycles. The number of hydrogen-bond acceptors (Lipinski definition) is 2. The van der Waals surface area contributed by atoms with Crippen LogP contribution in [0, 0.1) is 11.3 Å². The van der Waals surface area contributed by atoms with Gasteiger partial charge in [0.2, 0.25) is 0 Å². The molecule has 0 N–H and O–H groups in total. The lowest BCUT2D eigenvalue weighted by Crippen LogP contribution is -2.26. The monoisotopic (exact) mass is 282 g/mol.